The molecule has 1 aromatic carbocycles. The summed E-state index contributed by atoms with van der Waals surface area (Å²) in [4.78, 5) is 12.5. The van der Waals surface area contributed by atoms with Crippen molar-refractivity contribution < 1.29 is 17.9 Å². The van der Waals surface area contributed by atoms with Crippen molar-refractivity contribution in [3.8, 4) is 0 Å². The first-order valence-electron chi connectivity index (χ1n) is 7.42. The predicted molar refractivity (Wildman–Crippen MR) is 88.4 cm³/mol. The molecule has 1 aliphatic heterocycles. The lowest BCUT2D eigenvalue weighted by Gasteiger charge is -2.34. The molecule has 1 heterocycles. The van der Waals surface area contributed by atoms with Gasteiger partial charge in [-0.15, -0.1) is 0 Å². The van der Waals surface area contributed by atoms with Crippen LogP contribution in [0, 0.1) is 0 Å². The van der Waals surface area contributed by atoms with Crippen LogP contribution in [0.2, 0.25) is 5.02 Å². The normalized spacial score (nSPS) is 17.7. The molecule has 1 fully saturated rings. The van der Waals surface area contributed by atoms with E-state index in [1.165, 1.54) is 31.4 Å². The van der Waals surface area contributed by atoms with E-state index in [0.717, 1.165) is 0 Å². The lowest BCUT2D eigenvalue weighted by molar-refractivity contribution is -0.146. The van der Waals surface area contributed by atoms with Crippen molar-refractivity contribution in [2.75, 3.05) is 32.5 Å². The molecule has 0 spiro atoms. The number of carbonyl (C=O) groups is 1. The first-order valence-corrected chi connectivity index (χ1v) is 9.45. The number of carbonyl (C=O) groups excluding carboxylic acids is 1. The first kappa shape index (κ1) is 18.2. The second kappa shape index (κ2) is 7.61. The summed E-state index contributed by atoms with van der Waals surface area (Å²) >= 11 is 5.75. The molecule has 1 saturated heterocycles. The van der Waals surface area contributed by atoms with Crippen LogP contribution in [-0.2, 0) is 19.4 Å². The molecule has 6 nitrogen and oxygen atoms in total. The average molecular weight is 361 g/mol. The van der Waals surface area contributed by atoms with E-state index < -0.39 is 15.4 Å². The zero-order valence-electron chi connectivity index (χ0n) is 13.0. The molecule has 0 radical (unpaired) electrons. The molecule has 0 saturated carbocycles. The van der Waals surface area contributed by atoms with Gasteiger partial charge in [-0.3, -0.25) is 4.79 Å². The maximum absolute atomic E-state index is 12.3. The minimum Gasteiger partial charge on any atom is -0.368 e. The minimum absolute atomic E-state index is 0.0440. The number of sulfone groups is 1. The van der Waals surface area contributed by atoms with Gasteiger partial charge in [-0.2, -0.15) is 0 Å². The van der Waals surface area contributed by atoms with Gasteiger partial charge in [0.15, 0.2) is 9.84 Å². The molecule has 128 valence electrons. The van der Waals surface area contributed by atoms with Gasteiger partial charge < -0.3 is 15.4 Å². The first-order chi connectivity index (χ1) is 10.9. The lowest BCUT2D eigenvalue weighted by Crippen LogP contribution is -2.54. The van der Waals surface area contributed by atoms with E-state index in [-0.39, 0.29) is 23.1 Å². The number of rotatable bonds is 6. The van der Waals surface area contributed by atoms with Gasteiger partial charge in [0.1, 0.15) is 5.60 Å². The monoisotopic (exact) mass is 360 g/mol. The molecule has 8 heteroatoms. The number of methoxy groups -OCH3 is 1. The van der Waals surface area contributed by atoms with Crippen LogP contribution in [0.25, 0.3) is 0 Å². The summed E-state index contributed by atoms with van der Waals surface area (Å²) in [5, 5.41) is 6.33. The Labute approximate surface area is 141 Å². The number of nitrogens with one attached hydrogen (secondary N) is 2. The van der Waals surface area contributed by atoms with Crippen molar-refractivity contribution in [1.29, 1.82) is 0 Å². The van der Waals surface area contributed by atoms with Crippen molar-refractivity contribution in [2.45, 2.75) is 23.3 Å². The van der Waals surface area contributed by atoms with Crippen LogP contribution < -0.4 is 10.6 Å². The predicted octanol–water partition coefficient (Wildman–Crippen LogP) is 0.999. The van der Waals surface area contributed by atoms with E-state index in [4.69, 9.17) is 16.3 Å². The van der Waals surface area contributed by atoms with Crippen LogP contribution >= 0.6 is 11.6 Å². The molecule has 0 atom stereocenters. The van der Waals surface area contributed by atoms with Gasteiger partial charge in [0.05, 0.1) is 10.6 Å². The summed E-state index contributed by atoms with van der Waals surface area (Å²) in [5.74, 6) is -0.425. The summed E-state index contributed by atoms with van der Waals surface area (Å²) in [6.45, 7) is 1.44. The van der Waals surface area contributed by atoms with Gasteiger partial charge in [0.25, 0.3) is 5.91 Å². The Balaban J connectivity index is 1.93. The molecule has 1 aromatic rings. The van der Waals surface area contributed by atoms with Crippen molar-refractivity contribution >= 4 is 27.3 Å². The minimum atomic E-state index is -3.46. The SMILES string of the molecule is COC1(C(=O)NCCS(=O)(=O)c2ccc(Cl)cc2)CCNCC1. The molecule has 0 unspecified atom stereocenters. The van der Waals surface area contributed by atoms with Crippen LogP contribution in [0.1, 0.15) is 12.8 Å². The molecule has 1 aliphatic rings. The van der Waals surface area contributed by atoms with E-state index in [1.807, 2.05) is 0 Å². The Morgan fingerprint density at radius 2 is 1.91 bits per heavy atom. The number of halogens is 1. The van der Waals surface area contributed by atoms with E-state index >= 15 is 0 Å². The zero-order valence-corrected chi connectivity index (χ0v) is 14.5. The highest BCUT2D eigenvalue weighted by Gasteiger charge is 2.39. The maximum Gasteiger partial charge on any atom is 0.252 e. The Hall–Kier alpha value is -1.15. The molecule has 2 N–H and O–H groups in total. The number of hydrogen-bond donors (Lipinski definition) is 2. The van der Waals surface area contributed by atoms with Crippen molar-refractivity contribution in [1.82, 2.24) is 10.6 Å². The number of amides is 1. The van der Waals surface area contributed by atoms with Crippen molar-refractivity contribution in [3.63, 3.8) is 0 Å². The third-order valence-corrected chi connectivity index (χ3v) is 6.03. The van der Waals surface area contributed by atoms with Crippen LogP contribution in [0.3, 0.4) is 0 Å². The Morgan fingerprint density at radius 1 is 1.30 bits per heavy atom. The third kappa shape index (κ3) is 4.44. The standard InChI is InChI=1S/C15H21ClN2O4S/c1-22-15(6-8-17-9-7-15)14(19)18-10-11-23(20,21)13-4-2-12(16)3-5-13/h2-5,17H,6-11H2,1H3,(H,18,19). The van der Waals surface area contributed by atoms with E-state index in [2.05, 4.69) is 10.6 Å². The topological polar surface area (TPSA) is 84.5 Å². The molecular formula is C15H21ClN2O4S. The fourth-order valence-corrected chi connectivity index (χ4v) is 3.86. The van der Waals surface area contributed by atoms with Gasteiger partial charge in [-0.25, -0.2) is 8.42 Å². The Morgan fingerprint density at radius 3 is 2.48 bits per heavy atom. The highest BCUT2D eigenvalue weighted by Crippen LogP contribution is 2.22. The maximum atomic E-state index is 12.3. The third-order valence-electron chi connectivity index (χ3n) is 4.04. The lowest BCUT2D eigenvalue weighted by atomic mass is 9.91. The molecule has 1 amide bonds. The fourth-order valence-electron chi connectivity index (χ4n) is 2.57. The highest BCUT2D eigenvalue weighted by molar-refractivity contribution is 7.91. The van der Waals surface area contributed by atoms with Gasteiger partial charge >= 0.3 is 0 Å². The summed E-state index contributed by atoms with van der Waals surface area (Å²) < 4.78 is 29.8. The second-order valence-corrected chi connectivity index (χ2v) is 8.02. The average Bonchev–Trinajstić information content (AvgIpc) is 2.55. The largest absolute Gasteiger partial charge is 0.368 e. The highest BCUT2D eigenvalue weighted by atomic mass is 35.5. The molecule has 0 aliphatic carbocycles. The Bertz CT molecular complexity index is 640. The van der Waals surface area contributed by atoms with Crippen molar-refractivity contribution in [2.24, 2.45) is 0 Å². The number of piperidine rings is 1. The van der Waals surface area contributed by atoms with Crippen LogP contribution in [-0.4, -0.2) is 52.4 Å². The van der Waals surface area contributed by atoms with E-state index in [1.54, 1.807) is 0 Å². The van der Waals surface area contributed by atoms with E-state index in [9.17, 15) is 13.2 Å². The number of hydrogen-bond acceptors (Lipinski definition) is 5. The summed E-state index contributed by atoms with van der Waals surface area (Å²) in [6.07, 6.45) is 1.14. The molecule has 0 aromatic heterocycles. The van der Waals surface area contributed by atoms with Gasteiger partial charge in [0.2, 0.25) is 0 Å². The number of ether oxygens (including phenoxy) is 1. The second-order valence-electron chi connectivity index (χ2n) is 5.48. The molecular weight excluding hydrogens is 340 g/mol. The summed E-state index contributed by atoms with van der Waals surface area (Å²) in [7, 11) is -1.95. The van der Waals surface area contributed by atoms with Crippen molar-refractivity contribution in [3.05, 3.63) is 29.3 Å². The van der Waals surface area contributed by atoms with Crippen LogP contribution in [0.4, 0.5) is 0 Å². The molecule has 23 heavy (non-hydrogen) atoms. The smallest absolute Gasteiger partial charge is 0.252 e. The quantitative estimate of drug-likeness (QED) is 0.790. The van der Waals surface area contributed by atoms with Gasteiger partial charge in [-0.05, 0) is 50.2 Å². The zero-order chi connectivity index (χ0) is 16.9. The van der Waals surface area contributed by atoms with Crippen LogP contribution in [0.15, 0.2) is 29.2 Å². The van der Waals surface area contributed by atoms with E-state index in [0.29, 0.717) is 31.0 Å². The van der Waals surface area contributed by atoms with Gasteiger partial charge in [-0.1, -0.05) is 11.6 Å². The van der Waals surface area contributed by atoms with Gasteiger partial charge in [0, 0.05) is 18.7 Å². The van der Waals surface area contributed by atoms with Crippen LogP contribution in [0.5, 0.6) is 0 Å². The number of benzene rings is 1. The Kier molecular flexibility index (Phi) is 6.02. The molecule has 2 rings (SSSR count). The fraction of sp³-hybridized carbons (Fsp3) is 0.533. The summed E-state index contributed by atoms with van der Waals surface area (Å²) in [6, 6.07) is 5.98. The molecule has 0 bridgehead atoms. The summed E-state index contributed by atoms with van der Waals surface area (Å²) in [5.41, 5.74) is -0.866.